The third-order valence-electron chi connectivity index (χ3n) is 2.12. The summed E-state index contributed by atoms with van der Waals surface area (Å²) < 4.78 is 31.0. The van der Waals surface area contributed by atoms with Crippen LogP contribution in [0.4, 0.5) is 0 Å². The summed E-state index contributed by atoms with van der Waals surface area (Å²) in [6.45, 7) is 0. The van der Waals surface area contributed by atoms with Gasteiger partial charge >= 0.3 is 0 Å². The summed E-state index contributed by atoms with van der Waals surface area (Å²) in [5.74, 6) is 0. The molecule has 6 nitrogen and oxygen atoms in total. The Balaban J connectivity index is 0.00000180. The normalized spacial score (nSPS) is 10.9. The number of aromatic nitrogens is 2. The first-order valence-corrected chi connectivity index (χ1v) is 6.84. The number of rotatable bonds is 2. The van der Waals surface area contributed by atoms with Crippen molar-refractivity contribution in [2.75, 3.05) is 0 Å². The molecule has 0 aliphatic rings. The number of benzene rings is 1. The Labute approximate surface area is 119 Å². The van der Waals surface area contributed by atoms with Gasteiger partial charge in [0.25, 0.3) is 10.1 Å². The van der Waals surface area contributed by atoms with Crippen molar-refractivity contribution in [3.8, 4) is 11.3 Å². The van der Waals surface area contributed by atoms with Crippen LogP contribution in [0.3, 0.4) is 0 Å². The fourth-order valence-electron chi connectivity index (χ4n) is 1.35. The number of hydrogen-bond acceptors (Lipinski definition) is 4. The monoisotopic (exact) mass is 322 g/mol. The Morgan fingerprint density at radius 1 is 1.11 bits per heavy atom. The van der Waals surface area contributed by atoms with Crippen LogP contribution in [0.2, 0.25) is 10.2 Å². The molecular weight excluding hydrogens is 315 g/mol. The molecule has 0 atom stereocenters. The molecule has 3 N–H and O–H groups in total. The molecule has 0 aliphatic heterocycles. The van der Waals surface area contributed by atoms with Crippen molar-refractivity contribution in [2.45, 2.75) is 4.90 Å². The zero-order chi connectivity index (χ0) is 13.3. The van der Waals surface area contributed by atoms with Crippen LogP contribution in [0.1, 0.15) is 0 Å². The van der Waals surface area contributed by atoms with Crippen LogP contribution >= 0.6 is 23.2 Å². The van der Waals surface area contributed by atoms with E-state index in [-0.39, 0.29) is 26.2 Å². The van der Waals surface area contributed by atoms with Gasteiger partial charge in [0.15, 0.2) is 5.15 Å². The maximum atomic E-state index is 11.0. The molecule has 102 valence electrons. The lowest BCUT2D eigenvalue weighted by molar-refractivity contribution is 0.483. The number of halogens is 2. The summed E-state index contributed by atoms with van der Waals surface area (Å²) in [5.41, 5.74) is 0.700. The van der Waals surface area contributed by atoms with Crippen molar-refractivity contribution >= 4 is 33.3 Å². The summed E-state index contributed by atoms with van der Waals surface area (Å²) in [7, 11) is -4.27. The Kier molecular flexibility index (Phi) is 4.83. The van der Waals surface area contributed by atoms with Crippen LogP contribution < -0.4 is 0 Å². The van der Waals surface area contributed by atoms with E-state index in [2.05, 4.69) is 10.2 Å². The average molecular weight is 323 g/mol. The molecule has 0 unspecified atom stereocenters. The van der Waals surface area contributed by atoms with E-state index in [4.69, 9.17) is 27.8 Å². The molecule has 0 amide bonds. The van der Waals surface area contributed by atoms with Crippen molar-refractivity contribution in [1.82, 2.24) is 10.2 Å². The Morgan fingerprint density at radius 2 is 1.79 bits per heavy atom. The van der Waals surface area contributed by atoms with Crippen LogP contribution in [0.5, 0.6) is 0 Å². The maximum Gasteiger partial charge on any atom is 0.294 e. The molecule has 0 bridgehead atoms. The topological polar surface area (TPSA) is 112 Å². The SMILES string of the molecule is O.O=S(=O)(O)c1cccc(-c2nnc(Cl)cc2Cl)c1. The molecule has 0 saturated carbocycles. The van der Waals surface area contributed by atoms with E-state index in [1.165, 1.54) is 24.3 Å². The highest BCUT2D eigenvalue weighted by Crippen LogP contribution is 2.28. The van der Waals surface area contributed by atoms with Crippen molar-refractivity contribution in [1.29, 1.82) is 0 Å². The molecule has 9 heteroatoms. The molecule has 19 heavy (non-hydrogen) atoms. The largest absolute Gasteiger partial charge is 0.412 e. The quantitative estimate of drug-likeness (QED) is 0.848. The molecule has 2 rings (SSSR count). The van der Waals surface area contributed by atoms with Crippen molar-refractivity contribution in [2.24, 2.45) is 0 Å². The Morgan fingerprint density at radius 3 is 2.37 bits per heavy atom. The van der Waals surface area contributed by atoms with Gasteiger partial charge in [0.05, 0.1) is 9.92 Å². The first kappa shape index (κ1) is 15.8. The fourth-order valence-corrected chi connectivity index (χ4v) is 2.33. The van der Waals surface area contributed by atoms with E-state index in [0.717, 1.165) is 0 Å². The molecule has 1 aromatic heterocycles. The number of nitrogens with zero attached hydrogens (tertiary/aromatic N) is 2. The lowest BCUT2D eigenvalue weighted by atomic mass is 10.1. The minimum atomic E-state index is -4.27. The van der Waals surface area contributed by atoms with Gasteiger partial charge in [-0.25, -0.2) is 0 Å². The zero-order valence-electron chi connectivity index (χ0n) is 9.21. The van der Waals surface area contributed by atoms with E-state index < -0.39 is 10.1 Å². The van der Waals surface area contributed by atoms with Crippen LogP contribution in [0.25, 0.3) is 11.3 Å². The molecule has 1 aromatic carbocycles. The molecule has 2 aromatic rings. The van der Waals surface area contributed by atoms with Crippen molar-refractivity contribution < 1.29 is 18.4 Å². The van der Waals surface area contributed by atoms with Crippen LogP contribution in [-0.2, 0) is 10.1 Å². The third kappa shape index (κ3) is 3.62. The van der Waals surface area contributed by atoms with E-state index in [1.807, 2.05) is 0 Å². The maximum absolute atomic E-state index is 11.0. The van der Waals surface area contributed by atoms with E-state index in [9.17, 15) is 8.42 Å². The average Bonchev–Trinajstić information content (AvgIpc) is 2.28. The van der Waals surface area contributed by atoms with Gasteiger partial charge in [0.2, 0.25) is 0 Å². The highest BCUT2D eigenvalue weighted by atomic mass is 35.5. The molecule has 1 heterocycles. The molecule has 0 spiro atoms. The molecule has 0 fully saturated rings. The molecular formula is C10H8Cl2N2O4S. The second-order valence-corrected chi connectivity index (χ2v) is 5.58. The van der Waals surface area contributed by atoms with Gasteiger partial charge in [-0.2, -0.15) is 8.42 Å². The first-order chi connectivity index (χ1) is 8.38. The zero-order valence-corrected chi connectivity index (χ0v) is 11.5. The van der Waals surface area contributed by atoms with Crippen LogP contribution in [0.15, 0.2) is 35.2 Å². The summed E-state index contributed by atoms with van der Waals surface area (Å²) in [6.07, 6.45) is 0. The predicted molar refractivity (Wildman–Crippen MR) is 70.9 cm³/mol. The van der Waals surface area contributed by atoms with Gasteiger partial charge in [-0.05, 0) is 18.2 Å². The van der Waals surface area contributed by atoms with Gasteiger partial charge < -0.3 is 5.48 Å². The minimum absolute atomic E-state index is 0. The van der Waals surface area contributed by atoms with Gasteiger partial charge in [-0.15, -0.1) is 10.2 Å². The van der Waals surface area contributed by atoms with Gasteiger partial charge in [0.1, 0.15) is 5.69 Å². The second kappa shape index (κ2) is 5.81. The third-order valence-corrected chi connectivity index (χ3v) is 3.45. The van der Waals surface area contributed by atoms with Gasteiger partial charge in [-0.3, -0.25) is 4.55 Å². The second-order valence-electron chi connectivity index (χ2n) is 3.37. The molecule has 0 aliphatic carbocycles. The highest BCUT2D eigenvalue weighted by molar-refractivity contribution is 7.85. The van der Waals surface area contributed by atoms with E-state index >= 15 is 0 Å². The standard InChI is InChI=1S/C10H6Cl2N2O3S.H2O/c11-8-5-9(12)13-14-10(8)6-2-1-3-7(4-6)18(15,16)17;/h1-5H,(H,15,16,17);1H2. The molecule has 0 radical (unpaired) electrons. The van der Waals surface area contributed by atoms with Gasteiger partial charge in [0, 0.05) is 5.56 Å². The van der Waals surface area contributed by atoms with Crippen molar-refractivity contribution in [3.05, 3.63) is 40.5 Å². The van der Waals surface area contributed by atoms with E-state index in [1.54, 1.807) is 6.07 Å². The van der Waals surface area contributed by atoms with E-state index in [0.29, 0.717) is 5.56 Å². The summed E-state index contributed by atoms with van der Waals surface area (Å²) in [5, 5.41) is 7.78. The Hall–Kier alpha value is -1.25. The van der Waals surface area contributed by atoms with Crippen LogP contribution in [0, 0.1) is 0 Å². The van der Waals surface area contributed by atoms with Crippen molar-refractivity contribution in [3.63, 3.8) is 0 Å². The lowest BCUT2D eigenvalue weighted by Crippen LogP contribution is -1.98. The van der Waals surface area contributed by atoms with Crippen LogP contribution in [-0.4, -0.2) is 28.6 Å². The number of hydrogen-bond donors (Lipinski definition) is 1. The van der Waals surface area contributed by atoms with Gasteiger partial charge in [-0.1, -0.05) is 35.3 Å². The Bertz CT molecular complexity index is 706. The summed E-state index contributed by atoms with van der Waals surface area (Å²) in [6, 6.07) is 6.96. The molecule has 0 saturated heterocycles. The lowest BCUT2D eigenvalue weighted by Gasteiger charge is -2.04. The predicted octanol–water partition coefficient (Wildman–Crippen LogP) is 1.87. The summed E-state index contributed by atoms with van der Waals surface area (Å²) in [4.78, 5) is -0.243. The smallest absolute Gasteiger partial charge is 0.294 e. The fraction of sp³-hybridized carbons (Fsp3) is 0. The summed E-state index contributed by atoms with van der Waals surface area (Å²) >= 11 is 11.5. The minimum Gasteiger partial charge on any atom is -0.412 e. The first-order valence-electron chi connectivity index (χ1n) is 4.64. The highest BCUT2D eigenvalue weighted by Gasteiger charge is 2.13.